The molecule has 0 unspecified atom stereocenters. The summed E-state index contributed by atoms with van der Waals surface area (Å²) in [5.74, 6) is 0.962. The summed E-state index contributed by atoms with van der Waals surface area (Å²) in [5.41, 5.74) is 1.41. The van der Waals surface area contributed by atoms with Crippen LogP contribution in [0.4, 0.5) is 5.69 Å². The predicted molar refractivity (Wildman–Crippen MR) is 119 cm³/mol. The quantitative estimate of drug-likeness (QED) is 0.579. The number of sulfonamides is 1. The van der Waals surface area contributed by atoms with E-state index >= 15 is 0 Å². The van der Waals surface area contributed by atoms with E-state index in [0.717, 1.165) is 10.1 Å². The highest BCUT2D eigenvalue weighted by molar-refractivity contribution is 7.92. The van der Waals surface area contributed by atoms with E-state index in [1.165, 1.54) is 26.3 Å². The Morgan fingerprint density at radius 3 is 2.65 bits per heavy atom. The van der Waals surface area contributed by atoms with Crippen molar-refractivity contribution >= 4 is 21.6 Å². The first kappa shape index (κ1) is 22.4. The fraction of sp³-hybridized carbons (Fsp3) is 0.273. The lowest BCUT2D eigenvalue weighted by atomic mass is 10.1. The molecule has 0 saturated heterocycles. The molecule has 2 aromatic carbocycles. The average molecular weight is 443 g/mol. The maximum atomic E-state index is 13.2. The normalized spacial score (nSPS) is 11.2. The number of amides is 1. The molecule has 0 radical (unpaired) electrons. The van der Waals surface area contributed by atoms with Crippen molar-refractivity contribution in [3.8, 4) is 5.75 Å². The molecule has 164 valence electrons. The van der Waals surface area contributed by atoms with Gasteiger partial charge in [-0.3, -0.25) is 9.10 Å². The molecule has 9 heteroatoms. The van der Waals surface area contributed by atoms with Gasteiger partial charge in [-0.1, -0.05) is 18.2 Å². The first-order valence-corrected chi connectivity index (χ1v) is 11.2. The lowest BCUT2D eigenvalue weighted by Gasteiger charge is -2.22. The van der Waals surface area contributed by atoms with Crippen LogP contribution in [-0.2, 0) is 23.5 Å². The Hall–Kier alpha value is -3.33. The summed E-state index contributed by atoms with van der Waals surface area (Å²) in [5, 5.41) is 2.84. The molecule has 0 saturated carbocycles. The van der Waals surface area contributed by atoms with Crippen molar-refractivity contribution in [1.82, 2.24) is 14.9 Å². The first-order valence-electron chi connectivity index (χ1n) is 9.72. The van der Waals surface area contributed by atoms with Crippen LogP contribution in [0.1, 0.15) is 21.7 Å². The van der Waals surface area contributed by atoms with Crippen LogP contribution < -0.4 is 14.4 Å². The molecule has 1 N–H and O–H groups in total. The third-order valence-electron chi connectivity index (χ3n) is 5.09. The van der Waals surface area contributed by atoms with E-state index in [0.29, 0.717) is 35.5 Å². The molecule has 0 fully saturated rings. The molecule has 8 nitrogen and oxygen atoms in total. The molecule has 1 aromatic heterocycles. The molecule has 3 rings (SSSR count). The second-order valence-corrected chi connectivity index (χ2v) is 9.05. The smallest absolute Gasteiger partial charge is 0.264 e. The van der Waals surface area contributed by atoms with E-state index in [2.05, 4.69) is 10.3 Å². The zero-order valence-electron chi connectivity index (χ0n) is 18.0. The van der Waals surface area contributed by atoms with Crippen molar-refractivity contribution in [2.75, 3.05) is 25.0 Å². The largest absolute Gasteiger partial charge is 0.495 e. The molecule has 0 spiro atoms. The maximum absolute atomic E-state index is 13.2. The third kappa shape index (κ3) is 4.72. The van der Waals surface area contributed by atoms with Crippen LogP contribution in [0.5, 0.6) is 5.75 Å². The highest BCUT2D eigenvalue weighted by Gasteiger charge is 2.25. The zero-order chi connectivity index (χ0) is 22.6. The van der Waals surface area contributed by atoms with Gasteiger partial charge in [0.2, 0.25) is 0 Å². The molecule has 1 amide bonds. The minimum atomic E-state index is -3.90. The molecular formula is C22H26N4O4S. The number of aryl methyl sites for hydroxylation is 2. The molecule has 31 heavy (non-hydrogen) atoms. The molecule has 1 heterocycles. The molecule has 3 aromatic rings. The highest BCUT2D eigenvalue weighted by Crippen LogP contribution is 2.31. The topological polar surface area (TPSA) is 93.5 Å². The van der Waals surface area contributed by atoms with Gasteiger partial charge in [0.15, 0.2) is 0 Å². The van der Waals surface area contributed by atoms with Crippen LogP contribution in [0, 0.1) is 6.92 Å². The maximum Gasteiger partial charge on any atom is 0.264 e. The summed E-state index contributed by atoms with van der Waals surface area (Å²) in [6.45, 7) is 2.16. The van der Waals surface area contributed by atoms with Gasteiger partial charge in [0.05, 0.1) is 17.7 Å². The molecule has 0 aliphatic rings. The Kier molecular flexibility index (Phi) is 6.65. The molecule has 0 bridgehead atoms. The number of nitrogens with one attached hydrogen (secondary N) is 1. The number of hydrogen-bond acceptors (Lipinski definition) is 5. The van der Waals surface area contributed by atoms with Gasteiger partial charge in [-0.25, -0.2) is 13.4 Å². The number of imidazole rings is 1. The standard InChI is InChI=1S/C22H26N4O4S/c1-16-9-10-17(31(28,29)26(3)19-7-5-6-8-20(19)30-4)15-18(16)22(27)24-12-11-21-23-13-14-25(21)2/h5-10,13-15H,11-12H2,1-4H3,(H,24,27). The summed E-state index contributed by atoms with van der Waals surface area (Å²) in [6.07, 6.45) is 4.12. The number of methoxy groups -OCH3 is 1. The van der Waals surface area contributed by atoms with Gasteiger partial charge in [0.1, 0.15) is 11.6 Å². The predicted octanol–water partition coefficient (Wildman–Crippen LogP) is 2.53. The number of nitrogens with zero attached hydrogens (tertiary/aromatic N) is 3. The number of hydrogen-bond donors (Lipinski definition) is 1. The fourth-order valence-electron chi connectivity index (χ4n) is 3.20. The monoisotopic (exact) mass is 442 g/mol. The van der Waals surface area contributed by atoms with Crippen LogP contribution in [0.3, 0.4) is 0 Å². The van der Waals surface area contributed by atoms with E-state index in [1.54, 1.807) is 43.5 Å². The summed E-state index contributed by atoms with van der Waals surface area (Å²) in [4.78, 5) is 17.0. The van der Waals surface area contributed by atoms with Crippen LogP contribution in [-0.4, -0.2) is 44.6 Å². The van der Waals surface area contributed by atoms with Crippen molar-refractivity contribution in [3.63, 3.8) is 0 Å². The van der Waals surface area contributed by atoms with Crippen molar-refractivity contribution in [2.24, 2.45) is 7.05 Å². The van der Waals surface area contributed by atoms with E-state index < -0.39 is 10.0 Å². The number of rotatable bonds is 8. The van der Waals surface area contributed by atoms with Crippen molar-refractivity contribution in [2.45, 2.75) is 18.2 Å². The Balaban J connectivity index is 1.82. The van der Waals surface area contributed by atoms with E-state index in [4.69, 9.17) is 4.74 Å². The summed E-state index contributed by atoms with van der Waals surface area (Å²) in [7, 11) is 0.933. The molecule has 0 atom stereocenters. The van der Waals surface area contributed by atoms with Crippen molar-refractivity contribution in [1.29, 1.82) is 0 Å². The molecule has 0 aliphatic heterocycles. The van der Waals surface area contributed by atoms with Gasteiger partial charge in [0, 0.05) is 45.0 Å². The lowest BCUT2D eigenvalue weighted by Crippen LogP contribution is -2.29. The SMILES string of the molecule is COc1ccccc1N(C)S(=O)(=O)c1ccc(C)c(C(=O)NCCc2nccn2C)c1. The molecule has 0 aliphatic carbocycles. The van der Waals surface area contributed by atoms with E-state index in [1.807, 2.05) is 17.8 Å². The van der Waals surface area contributed by atoms with Gasteiger partial charge in [0.25, 0.3) is 15.9 Å². The van der Waals surface area contributed by atoms with Gasteiger partial charge in [-0.05, 0) is 36.8 Å². The lowest BCUT2D eigenvalue weighted by molar-refractivity contribution is 0.0953. The fourth-order valence-corrected chi connectivity index (χ4v) is 4.44. The second kappa shape index (κ2) is 9.22. The summed E-state index contributed by atoms with van der Waals surface area (Å²) >= 11 is 0. The van der Waals surface area contributed by atoms with Gasteiger partial charge < -0.3 is 14.6 Å². The summed E-state index contributed by atoms with van der Waals surface area (Å²) < 4.78 is 34.8. The number of carbonyl (C=O) groups is 1. The van der Waals surface area contributed by atoms with Crippen LogP contribution in [0.2, 0.25) is 0 Å². The minimum absolute atomic E-state index is 0.0285. The highest BCUT2D eigenvalue weighted by atomic mass is 32.2. The number of para-hydroxylation sites is 2. The number of aromatic nitrogens is 2. The number of carbonyl (C=O) groups excluding carboxylic acids is 1. The van der Waals surface area contributed by atoms with Gasteiger partial charge in [-0.15, -0.1) is 0 Å². The zero-order valence-corrected chi connectivity index (χ0v) is 18.8. The van der Waals surface area contributed by atoms with E-state index in [9.17, 15) is 13.2 Å². The van der Waals surface area contributed by atoms with Crippen LogP contribution in [0.15, 0.2) is 59.8 Å². The number of ether oxygens (including phenoxy) is 1. The average Bonchev–Trinajstić information content (AvgIpc) is 3.17. The third-order valence-corrected chi connectivity index (χ3v) is 6.86. The van der Waals surface area contributed by atoms with Crippen molar-refractivity contribution in [3.05, 3.63) is 71.8 Å². The van der Waals surface area contributed by atoms with Gasteiger partial charge >= 0.3 is 0 Å². The summed E-state index contributed by atoms with van der Waals surface area (Å²) in [6, 6.07) is 11.4. The van der Waals surface area contributed by atoms with Gasteiger partial charge in [-0.2, -0.15) is 0 Å². The molecular weight excluding hydrogens is 416 g/mol. The second-order valence-electron chi connectivity index (χ2n) is 7.08. The minimum Gasteiger partial charge on any atom is -0.495 e. The number of anilines is 1. The Morgan fingerprint density at radius 2 is 1.97 bits per heavy atom. The van der Waals surface area contributed by atoms with Crippen LogP contribution >= 0.6 is 0 Å². The number of benzene rings is 2. The van der Waals surface area contributed by atoms with Crippen molar-refractivity contribution < 1.29 is 17.9 Å². The Morgan fingerprint density at radius 1 is 1.23 bits per heavy atom. The Bertz CT molecular complexity index is 1190. The first-order chi connectivity index (χ1) is 14.8. The van der Waals surface area contributed by atoms with E-state index in [-0.39, 0.29) is 10.8 Å². The van der Waals surface area contributed by atoms with Crippen LogP contribution in [0.25, 0.3) is 0 Å². The Labute approximate surface area is 182 Å².